The average molecular weight is 333 g/mol. The van der Waals surface area contributed by atoms with Crippen LogP contribution in [0.4, 0.5) is 0 Å². The molecule has 3 rings (SSSR count). The lowest BCUT2D eigenvalue weighted by atomic mass is 10.2. The van der Waals surface area contributed by atoms with E-state index in [1.165, 1.54) is 6.07 Å². The van der Waals surface area contributed by atoms with E-state index in [-0.39, 0.29) is 22.6 Å². The van der Waals surface area contributed by atoms with Gasteiger partial charge in [-0.15, -0.1) is 5.10 Å². The molecule has 1 saturated carbocycles. The third kappa shape index (κ3) is 3.49. The Bertz CT molecular complexity index is 919. The van der Waals surface area contributed by atoms with Crippen molar-refractivity contribution in [1.82, 2.24) is 15.4 Å². The highest BCUT2D eigenvalue weighted by Crippen LogP contribution is 2.28. The number of ether oxygens (including phenoxy) is 1. The maximum absolute atomic E-state index is 11.7. The Morgan fingerprint density at radius 2 is 2.17 bits per heavy atom. The Labute approximate surface area is 131 Å². The molecule has 23 heavy (non-hydrogen) atoms. The van der Waals surface area contributed by atoms with Crippen molar-refractivity contribution in [3.05, 3.63) is 35.5 Å². The summed E-state index contributed by atoms with van der Waals surface area (Å²) < 4.78 is 28.8. The van der Waals surface area contributed by atoms with Gasteiger partial charge < -0.3 is 9.84 Å². The fourth-order valence-electron chi connectivity index (χ4n) is 1.78. The first-order valence-electron chi connectivity index (χ1n) is 6.64. The number of aromatic carboxylic acids is 1. The van der Waals surface area contributed by atoms with E-state index in [4.69, 9.17) is 9.84 Å². The quantitative estimate of drug-likeness (QED) is 0.805. The van der Waals surface area contributed by atoms with Crippen molar-refractivity contribution in [1.29, 1.82) is 0 Å². The second-order valence-corrected chi connectivity index (χ2v) is 6.86. The minimum atomic E-state index is -3.37. The third-order valence-electron chi connectivity index (χ3n) is 3.07. The summed E-state index contributed by atoms with van der Waals surface area (Å²) >= 11 is 0. The van der Waals surface area contributed by atoms with Gasteiger partial charge in [-0.1, -0.05) is 11.3 Å². The molecule has 0 spiro atoms. The van der Waals surface area contributed by atoms with E-state index in [9.17, 15) is 13.2 Å². The lowest BCUT2D eigenvalue weighted by molar-refractivity contribution is 0.0687. The summed E-state index contributed by atoms with van der Waals surface area (Å²) in [5.74, 6) is 1.48. The highest BCUT2D eigenvalue weighted by Gasteiger charge is 2.34. The summed E-state index contributed by atoms with van der Waals surface area (Å²) in [6, 6.07) is 6.33. The highest BCUT2D eigenvalue weighted by molar-refractivity contribution is 7.96. The van der Waals surface area contributed by atoms with Gasteiger partial charge in [0.15, 0.2) is 0 Å². The van der Waals surface area contributed by atoms with Crippen molar-refractivity contribution in [3.8, 4) is 22.8 Å². The van der Waals surface area contributed by atoms with Gasteiger partial charge in [-0.25, -0.2) is 18.3 Å². The second kappa shape index (κ2) is 5.73. The summed E-state index contributed by atoms with van der Waals surface area (Å²) in [5.41, 5.74) is 0.0915. The number of carboxylic acids is 1. The van der Waals surface area contributed by atoms with Gasteiger partial charge in [0.25, 0.3) is 5.88 Å². The van der Waals surface area contributed by atoms with Crippen LogP contribution in [-0.4, -0.2) is 40.2 Å². The van der Waals surface area contributed by atoms with Crippen LogP contribution < -0.4 is 4.74 Å². The maximum atomic E-state index is 11.7. The number of H-pyrrole nitrogens is 1. The molecule has 1 aliphatic carbocycles. The first-order chi connectivity index (χ1) is 11.0. The second-order valence-electron chi connectivity index (χ2n) is 4.90. The van der Waals surface area contributed by atoms with E-state index in [0.29, 0.717) is 18.4 Å². The Kier molecular flexibility index (Phi) is 3.75. The van der Waals surface area contributed by atoms with Gasteiger partial charge in [0.1, 0.15) is 5.75 Å². The summed E-state index contributed by atoms with van der Waals surface area (Å²) in [7, 11) is -3.37. The monoisotopic (exact) mass is 333 g/mol. The van der Waals surface area contributed by atoms with Crippen LogP contribution in [0.3, 0.4) is 0 Å². The van der Waals surface area contributed by atoms with E-state index < -0.39 is 15.8 Å². The van der Waals surface area contributed by atoms with Crippen LogP contribution >= 0.6 is 0 Å². The zero-order chi connectivity index (χ0) is 16.4. The van der Waals surface area contributed by atoms with Gasteiger partial charge in [-0.3, -0.25) is 0 Å². The molecule has 0 atom stereocenters. The molecule has 1 fully saturated rings. The summed E-state index contributed by atoms with van der Waals surface area (Å²) in [5, 5.41) is 20.0. The van der Waals surface area contributed by atoms with Crippen molar-refractivity contribution < 1.29 is 23.1 Å². The number of carboxylic acid groups (broad SMARTS) is 1. The molecule has 0 radical (unpaired) electrons. The molecule has 0 aliphatic heterocycles. The lowest BCUT2D eigenvalue weighted by Crippen LogP contribution is -2.02. The number of nitrogens with one attached hydrogen (secondary N) is 1. The van der Waals surface area contributed by atoms with Crippen LogP contribution in [0.5, 0.6) is 11.6 Å². The molecule has 0 saturated heterocycles. The maximum Gasteiger partial charge on any atom is 0.362 e. The summed E-state index contributed by atoms with van der Waals surface area (Å²) in [6.45, 7) is 0. The normalized spacial score (nSPS) is 13.9. The number of nitrogens with zero attached hydrogens (tertiary/aromatic N) is 2. The van der Waals surface area contributed by atoms with Crippen molar-refractivity contribution in [2.24, 2.45) is 0 Å². The number of aromatic amines is 1. The number of benzene rings is 1. The molecule has 1 heterocycles. The van der Waals surface area contributed by atoms with E-state index in [1.54, 1.807) is 18.2 Å². The van der Waals surface area contributed by atoms with Crippen LogP contribution in [0.15, 0.2) is 24.3 Å². The number of aromatic nitrogens is 3. The summed E-state index contributed by atoms with van der Waals surface area (Å²) in [6.07, 6.45) is 1.32. The van der Waals surface area contributed by atoms with Gasteiger partial charge in [0, 0.05) is 10.8 Å². The van der Waals surface area contributed by atoms with E-state index >= 15 is 0 Å². The van der Waals surface area contributed by atoms with Crippen LogP contribution in [0.2, 0.25) is 0 Å². The molecular formula is C14H11N3O5S. The standard InChI is InChI=1S/C14H11N3O5S/c18-14(19)12-13(16-17-15-12)22-10-3-1-2-9(8-10)6-7-23(20,21)11-4-5-11/h1-3,8,11H,4-5H2,(H,18,19)(H,15,16,17). The highest BCUT2D eigenvalue weighted by atomic mass is 32.2. The molecule has 0 amide bonds. The lowest BCUT2D eigenvalue weighted by Gasteiger charge is -2.03. The topological polar surface area (TPSA) is 122 Å². The van der Waals surface area contributed by atoms with Crippen LogP contribution in [0, 0.1) is 11.2 Å². The fraction of sp³-hybridized carbons (Fsp3) is 0.214. The number of sulfone groups is 1. The number of carbonyl (C=O) groups is 1. The van der Waals surface area contributed by atoms with Crippen molar-refractivity contribution in [3.63, 3.8) is 0 Å². The van der Waals surface area contributed by atoms with Crippen LogP contribution in [-0.2, 0) is 9.84 Å². The van der Waals surface area contributed by atoms with E-state index in [1.807, 2.05) is 0 Å². The predicted molar refractivity (Wildman–Crippen MR) is 78.7 cm³/mol. The number of hydrogen-bond acceptors (Lipinski definition) is 6. The minimum absolute atomic E-state index is 0.117. The average Bonchev–Trinajstić information content (AvgIpc) is 3.27. The van der Waals surface area contributed by atoms with Gasteiger partial charge in [0.2, 0.25) is 15.5 Å². The van der Waals surface area contributed by atoms with Crippen molar-refractivity contribution in [2.45, 2.75) is 18.1 Å². The largest absolute Gasteiger partial charge is 0.476 e. The predicted octanol–water partition coefficient (Wildman–Crippen LogP) is 1.18. The fourth-order valence-corrected chi connectivity index (χ4v) is 2.96. The number of rotatable bonds is 4. The Hall–Kier alpha value is -2.86. The van der Waals surface area contributed by atoms with E-state index in [2.05, 4.69) is 26.6 Å². The Morgan fingerprint density at radius 1 is 1.39 bits per heavy atom. The number of hydrogen-bond donors (Lipinski definition) is 2. The molecule has 0 bridgehead atoms. The van der Waals surface area contributed by atoms with Gasteiger partial charge in [-0.05, 0) is 37.0 Å². The Balaban J connectivity index is 1.82. The smallest absolute Gasteiger partial charge is 0.362 e. The molecule has 118 valence electrons. The molecule has 9 heteroatoms. The molecule has 0 unspecified atom stereocenters. The Morgan fingerprint density at radius 3 is 2.87 bits per heavy atom. The van der Waals surface area contributed by atoms with Crippen LogP contribution in [0.25, 0.3) is 0 Å². The third-order valence-corrected chi connectivity index (χ3v) is 4.81. The first kappa shape index (κ1) is 15.1. The van der Waals surface area contributed by atoms with Crippen molar-refractivity contribution in [2.75, 3.05) is 0 Å². The van der Waals surface area contributed by atoms with Crippen molar-refractivity contribution >= 4 is 15.8 Å². The zero-order valence-corrected chi connectivity index (χ0v) is 12.5. The zero-order valence-electron chi connectivity index (χ0n) is 11.7. The van der Waals surface area contributed by atoms with E-state index in [0.717, 1.165) is 0 Å². The molecule has 8 nitrogen and oxygen atoms in total. The van der Waals surface area contributed by atoms with Gasteiger partial charge >= 0.3 is 5.97 Å². The SMILES string of the molecule is O=C(O)c1nn[nH]c1Oc1cccc(C#CS(=O)(=O)C2CC2)c1. The van der Waals surface area contributed by atoms with Gasteiger partial charge in [0.05, 0.1) is 5.25 Å². The van der Waals surface area contributed by atoms with Crippen LogP contribution in [0.1, 0.15) is 28.9 Å². The molecule has 2 N–H and O–H groups in total. The molecule has 1 aromatic heterocycles. The van der Waals surface area contributed by atoms with Gasteiger partial charge in [-0.2, -0.15) is 0 Å². The first-order valence-corrected chi connectivity index (χ1v) is 8.19. The molecule has 1 aliphatic rings. The minimum Gasteiger partial charge on any atom is -0.476 e. The molecular weight excluding hydrogens is 322 g/mol. The molecule has 1 aromatic carbocycles. The summed E-state index contributed by atoms with van der Waals surface area (Å²) in [4.78, 5) is 10.9. The molecule has 2 aromatic rings.